The van der Waals surface area contributed by atoms with Crippen molar-refractivity contribution in [2.45, 2.75) is 13.1 Å². The molecule has 4 aromatic rings. The fraction of sp³-hybridized carbons (Fsp3) is 0.120. The minimum Gasteiger partial charge on any atom is -0.501 e. The van der Waals surface area contributed by atoms with Crippen LogP contribution in [0.4, 0.5) is 0 Å². The Hall–Kier alpha value is -4.66. The van der Waals surface area contributed by atoms with Crippen molar-refractivity contribution in [2.75, 3.05) is 7.11 Å². The van der Waals surface area contributed by atoms with E-state index in [2.05, 4.69) is 15.3 Å². The summed E-state index contributed by atoms with van der Waals surface area (Å²) in [5.41, 5.74) is 1.61. The normalized spacial score (nSPS) is 10.6. The van der Waals surface area contributed by atoms with Gasteiger partial charge in [-0.3, -0.25) is 9.59 Å². The van der Waals surface area contributed by atoms with Gasteiger partial charge in [0.05, 0.1) is 13.7 Å². The number of methoxy groups -OCH3 is 1. The lowest BCUT2D eigenvalue weighted by Crippen LogP contribution is -2.24. The Morgan fingerprint density at radius 3 is 2.59 bits per heavy atom. The molecule has 172 valence electrons. The number of nitrogens with one attached hydrogen (secondary N) is 1. The first-order valence-corrected chi connectivity index (χ1v) is 10.4. The number of pyridine rings is 1. The molecular weight excluding hydrogens is 436 g/mol. The number of ether oxygens (including phenoxy) is 1. The van der Waals surface area contributed by atoms with Crippen molar-refractivity contribution in [1.29, 1.82) is 0 Å². The van der Waals surface area contributed by atoms with Crippen molar-refractivity contribution in [3.8, 4) is 28.8 Å². The summed E-state index contributed by atoms with van der Waals surface area (Å²) in [6.45, 7) is 0.488. The summed E-state index contributed by atoms with van der Waals surface area (Å²) in [6, 6.07) is 19.1. The highest BCUT2D eigenvalue weighted by molar-refractivity contribution is 5.95. The lowest BCUT2D eigenvalue weighted by atomic mass is 10.1. The monoisotopic (exact) mass is 458 g/mol. The van der Waals surface area contributed by atoms with Crippen LogP contribution in [-0.2, 0) is 13.1 Å². The molecule has 0 radical (unpaired) electrons. The molecule has 1 amide bonds. The van der Waals surface area contributed by atoms with Gasteiger partial charge in [-0.05, 0) is 35.4 Å². The number of hydrogen-bond donors (Lipinski definition) is 3. The SMILES string of the molecule is COc1cccc(CNC(=O)c2nc(-c3cccc(Cn4ccccc4=O)c3)nc(O)c2O)c1. The second-order valence-electron chi connectivity index (χ2n) is 7.47. The lowest BCUT2D eigenvalue weighted by Gasteiger charge is -2.11. The van der Waals surface area contributed by atoms with Crippen LogP contribution < -0.4 is 15.6 Å². The van der Waals surface area contributed by atoms with Gasteiger partial charge in [-0.2, -0.15) is 4.98 Å². The molecule has 0 spiro atoms. The zero-order valence-electron chi connectivity index (χ0n) is 18.3. The van der Waals surface area contributed by atoms with Gasteiger partial charge in [0.1, 0.15) is 5.75 Å². The van der Waals surface area contributed by atoms with Gasteiger partial charge in [-0.1, -0.05) is 36.4 Å². The Morgan fingerprint density at radius 2 is 1.79 bits per heavy atom. The fourth-order valence-corrected chi connectivity index (χ4v) is 3.38. The van der Waals surface area contributed by atoms with Crippen LogP contribution in [0.15, 0.2) is 77.7 Å². The third kappa shape index (κ3) is 5.04. The molecule has 0 aliphatic rings. The highest BCUT2D eigenvalue weighted by Crippen LogP contribution is 2.29. The van der Waals surface area contributed by atoms with Gasteiger partial charge in [-0.25, -0.2) is 4.98 Å². The molecule has 0 saturated heterocycles. The van der Waals surface area contributed by atoms with Crippen LogP contribution in [0.25, 0.3) is 11.4 Å². The third-order valence-electron chi connectivity index (χ3n) is 5.11. The highest BCUT2D eigenvalue weighted by atomic mass is 16.5. The average Bonchev–Trinajstić information content (AvgIpc) is 2.86. The van der Waals surface area contributed by atoms with Gasteiger partial charge in [0, 0.05) is 24.4 Å². The van der Waals surface area contributed by atoms with Crippen molar-refractivity contribution >= 4 is 5.91 Å². The zero-order valence-corrected chi connectivity index (χ0v) is 18.3. The molecule has 2 heterocycles. The van der Waals surface area contributed by atoms with E-state index in [1.165, 1.54) is 6.07 Å². The van der Waals surface area contributed by atoms with Crippen LogP contribution in [-0.4, -0.2) is 37.8 Å². The first kappa shape index (κ1) is 22.5. The molecule has 4 rings (SSSR count). The van der Waals surface area contributed by atoms with Crippen molar-refractivity contribution in [3.05, 3.63) is 100 Å². The Bertz CT molecular complexity index is 1400. The number of nitrogens with zero attached hydrogens (tertiary/aromatic N) is 3. The quantitative estimate of drug-likeness (QED) is 0.389. The molecule has 0 atom stereocenters. The highest BCUT2D eigenvalue weighted by Gasteiger charge is 2.20. The summed E-state index contributed by atoms with van der Waals surface area (Å²) in [5.74, 6) is -1.38. The standard InChI is InChI=1S/C25H22N4O5/c1-34-19-9-5-6-16(13-19)14-26-24(32)21-22(31)25(33)28-23(27-21)18-8-4-7-17(12-18)15-29-11-3-2-10-20(29)30/h2-13,31H,14-15H2,1H3,(H,26,32)(H,27,28,33). The lowest BCUT2D eigenvalue weighted by molar-refractivity contribution is 0.0941. The first-order chi connectivity index (χ1) is 16.4. The zero-order chi connectivity index (χ0) is 24.1. The predicted molar refractivity (Wildman–Crippen MR) is 125 cm³/mol. The van der Waals surface area contributed by atoms with Crippen molar-refractivity contribution in [3.63, 3.8) is 0 Å². The molecule has 0 aliphatic carbocycles. The molecule has 34 heavy (non-hydrogen) atoms. The van der Waals surface area contributed by atoms with Crippen LogP contribution in [0.2, 0.25) is 0 Å². The van der Waals surface area contributed by atoms with E-state index in [9.17, 15) is 19.8 Å². The van der Waals surface area contributed by atoms with Crippen LogP contribution in [0.1, 0.15) is 21.6 Å². The molecule has 0 saturated carbocycles. The predicted octanol–water partition coefficient (Wildman–Crippen LogP) is 2.70. The summed E-state index contributed by atoms with van der Waals surface area (Å²) < 4.78 is 6.72. The Balaban J connectivity index is 1.58. The van der Waals surface area contributed by atoms with Gasteiger partial charge < -0.3 is 24.8 Å². The smallest absolute Gasteiger partial charge is 0.274 e. The summed E-state index contributed by atoms with van der Waals surface area (Å²) in [7, 11) is 1.55. The van der Waals surface area contributed by atoms with E-state index in [0.717, 1.165) is 11.1 Å². The number of rotatable bonds is 7. The van der Waals surface area contributed by atoms with E-state index in [4.69, 9.17) is 4.74 Å². The molecule has 3 N–H and O–H groups in total. The van der Waals surface area contributed by atoms with Gasteiger partial charge in [0.15, 0.2) is 11.5 Å². The molecule has 0 unspecified atom stereocenters. The van der Waals surface area contributed by atoms with E-state index >= 15 is 0 Å². The maximum Gasteiger partial charge on any atom is 0.274 e. The molecule has 0 fully saturated rings. The number of aromatic nitrogens is 3. The summed E-state index contributed by atoms with van der Waals surface area (Å²) >= 11 is 0. The Morgan fingerprint density at radius 1 is 1.00 bits per heavy atom. The summed E-state index contributed by atoms with van der Waals surface area (Å²) in [5, 5.41) is 23.0. The van der Waals surface area contributed by atoms with Crippen LogP contribution in [0, 0.1) is 0 Å². The summed E-state index contributed by atoms with van der Waals surface area (Å²) in [6.07, 6.45) is 1.68. The van der Waals surface area contributed by atoms with Gasteiger partial charge in [-0.15, -0.1) is 0 Å². The first-order valence-electron chi connectivity index (χ1n) is 10.4. The second-order valence-corrected chi connectivity index (χ2v) is 7.47. The van der Waals surface area contributed by atoms with E-state index in [1.54, 1.807) is 66.4 Å². The topological polar surface area (TPSA) is 127 Å². The van der Waals surface area contributed by atoms with Crippen LogP contribution in [0.3, 0.4) is 0 Å². The van der Waals surface area contributed by atoms with Gasteiger partial charge >= 0.3 is 0 Å². The average molecular weight is 458 g/mol. The fourth-order valence-electron chi connectivity index (χ4n) is 3.38. The number of amides is 1. The molecule has 0 aliphatic heterocycles. The number of carbonyl (C=O) groups is 1. The minimum absolute atomic E-state index is 0.0593. The largest absolute Gasteiger partial charge is 0.501 e. The molecule has 2 aromatic heterocycles. The van der Waals surface area contributed by atoms with E-state index < -0.39 is 17.5 Å². The Labute approximate surface area is 195 Å². The number of benzene rings is 2. The van der Waals surface area contributed by atoms with Crippen molar-refractivity contribution < 1.29 is 19.7 Å². The molecular formula is C25H22N4O5. The molecule has 0 bridgehead atoms. The molecule has 9 heteroatoms. The minimum atomic E-state index is -0.709. The molecule has 9 nitrogen and oxygen atoms in total. The molecule has 2 aromatic carbocycles. The maximum atomic E-state index is 12.7. The summed E-state index contributed by atoms with van der Waals surface area (Å²) in [4.78, 5) is 32.8. The van der Waals surface area contributed by atoms with E-state index in [1.807, 2.05) is 12.1 Å². The number of aromatic hydroxyl groups is 2. The van der Waals surface area contributed by atoms with Crippen molar-refractivity contribution in [1.82, 2.24) is 19.9 Å². The Kier molecular flexibility index (Phi) is 6.54. The maximum absolute atomic E-state index is 12.7. The third-order valence-corrected chi connectivity index (χ3v) is 5.11. The van der Waals surface area contributed by atoms with Crippen molar-refractivity contribution in [2.24, 2.45) is 0 Å². The van der Waals surface area contributed by atoms with Crippen LogP contribution >= 0.6 is 0 Å². The van der Waals surface area contributed by atoms with E-state index in [-0.39, 0.29) is 23.6 Å². The second kappa shape index (κ2) is 9.86. The van der Waals surface area contributed by atoms with E-state index in [0.29, 0.717) is 17.9 Å². The number of carbonyl (C=O) groups excluding carboxylic acids is 1. The van der Waals surface area contributed by atoms with Crippen LogP contribution in [0.5, 0.6) is 17.4 Å². The van der Waals surface area contributed by atoms with Gasteiger partial charge in [0.2, 0.25) is 5.75 Å². The number of hydrogen-bond acceptors (Lipinski definition) is 7. The van der Waals surface area contributed by atoms with Gasteiger partial charge in [0.25, 0.3) is 17.3 Å².